The van der Waals surface area contributed by atoms with E-state index in [0.29, 0.717) is 5.03 Å². The van der Waals surface area contributed by atoms with Crippen LogP contribution in [0.4, 0.5) is 5.69 Å². The van der Waals surface area contributed by atoms with Gasteiger partial charge in [-0.15, -0.1) is 0 Å². The molecule has 0 bridgehead atoms. The van der Waals surface area contributed by atoms with Crippen LogP contribution in [0, 0.1) is 0 Å². The Morgan fingerprint density at radius 3 is 2.65 bits per heavy atom. The van der Waals surface area contributed by atoms with Gasteiger partial charge >= 0.3 is 0 Å². The maximum atomic E-state index is 12.0. The van der Waals surface area contributed by atoms with Crippen LogP contribution < -0.4 is 16.1 Å². The Bertz CT molecular complexity index is 790. The number of nitrogens with two attached hydrogens (primary N) is 1. The summed E-state index contributed by atoms with van der Waals surface area (Å²) in [5.74, 6) is -0.0305. The summed E-state index contributed by atoms with van der Waals surface area (Å²) >= 11 is 1.32. The summed E-state index contributed by atoms with van der Waals surface area (Å²) in [6, 6.07) is 13.3. The lowest BCUT2D eigenvalue weighted by atomic mass is 10.3. The van der Waals surface area contributed by atoms with Crippen molar-refractivity contribution in [2.45, 2.75) is 6.92 Å². The summed E-state index contributed by atoms with van der Waals surface area (Å²) in [5.41, 5.74) is 10.8. The van der Waals surface area contributed by atoms with E-state index >= 15 is 0 Å². The molecule has 0 saturated heterocycles. The number of thioether (sulfide) groups is 1. The zero-order valence-electron chi connectivity index (χ0n) is 14.5. The second kappa shape index (κ2) is 10.0. The van der Waals surface area contributed by atoms with Gasteiger partial charge in [0.2, 0.25) is 5.91 Å². The lowest BCUT2D eigenvalue weighted by Gasteiger charge is -2.26. The molecule has 0 aliphatic heterocycles. The van der Waals surface area contributed by atoms with Crippen molar-refractivity contribution in [3.05, 3.63) is 83.9 Å². The van der Waals surface area contributed by atoms with E-state index < -0.39 is 0 Å². The predicted octanol–water partition coefficient (Wildman–Crippen LogP) is 3.06. The lowest BCUT2D eigenvalue weighted by molar-refractivity contribution is -0.118. The fourth-order valence-corrected chi connectivity index (χ4v) is 2.81. The minimum absolute atomic E-state index is 0.188. The third kappa shape index (κ3) is 5.78. The summed E-state index contributed by atoms with van der Waals surface area (Å²) in [6.45, 7) is 5.95. The van der Waals surface area contributed by atoms with Gasteiger partial charge in [-0.1, -0.05) is 36.5 Å². The minimum Gasteiger partial charge on any atom is -0.403 e. The molecule has 0 radical (unpaired) electrons. The highest BCUT2D eigenvalue weighted by Crippen LogP contribution is 2.29. The van der Waals surface area contributed by atoms with Gasteiger partial charge in [0.15, 0.2) is 0 Å². The number of nitrogens with one attached hydrogen (secondary N) is 1. The number of para-hydroxylation sites is 1. The van der Waals surface area contributed by atoms with Crippen molar-refractivity contribution in [3.63, 3.8) is 0 Å². The number of hydrogen-bond donors (Lipinski definition) is 2. The monoisotopic (exact) mass is 367 g/mol. The Balaban J connectivity index is 1.91. The molecule has 1 aromatic carbocycles. The van der Waals surface area contributed by atoms with Crippen LogP contribution in [0.1, 0.15) is 12.5 Å². The number of pyridine rings is 1. The number of carbonyl (C=O) groups excluding carboxylic acids is 1. The third-order valence-electron chi connectivity index (χ3n) is 3.34. The van der Waals surface area contributed by atoms with E-state index in [1.807, 2.05) is 42.2 Å². The lowest BCUT2D eigenvalue weighted by Crippen LogP contribution is -2.23. The number of hydrazone groups is 1. The molecule has 26 heavy (non-hydrogen) atoms. The molecule has 0 atom stereocenters. The number of anilines is 1. The Morgan fingerprint density at radius 1 is 1.31 bits per heavy atom. The fourth-order valence-electron chi connectivity index (χ4n) is 2.07. The molecule has 1 aromatic heterocycles. The maximum absolute atomic E-state index is 12.0. The Hall–Kier alpha value is -3.06. The van der Waals surface area contributed by atoms with Gasteiger partial charge < -0.3 is 10.6 Å². The van der Waals surface area contributed by atoms with Crippen molar-refractivity contribution in [2.24, 2.45) is 10.8 Å². The number of nitrogens with zero attached hydrogens (tertiary/aromatic N) is 3. The van der Waals surface area contributed by atoms with Crippen LogP contribution in [0.5, 0.6) is 0 Å². The highest BCUT2D eigenvalue weighted by molar-refractivity contribution is 8.03. The number of carbonyl (C=O) groups is 1. The van der Waals surface area contributed by atoms with Gasteiger partial charge in [-0.2, -0.15) is 5.10 Å². The fraction of sp³-hybridized carbons (Fsp3) is 0.105. The normalized spacial score (nSPS) is 11.3. The molecule has 0 aliphatic carbocycles. The molecule has 2 rings (SSSR count). The highest BCUT2D eigenvalue weighted by atomic mass is 32.2. The third-order valence-corrected chi connectivity index (χ3v) is 4.26. The largest absolute Gasteiger partial charge is 0.403 e. The molecule has 0 aliphatic rings. The first-order valence-corrected chi connectivity index (χ1v) is 8.87. The number of hydrogen-bond acceptors (Lipinski definition) is 6. The zero-order chi connectivity index (χ0) is 18.8. The van der Waals surface area contributed by atoms with Crippen LogP contribution in [-0.2, 0) is 4.79 Å². The number of allylic oxidation sites excluding steroid dienone is 1. The molecular weight excluding hydrogens is 346 g/mol. The topological polar surface area (TPSA) is 83.6 Å². The van der Waals surface area contributed by atoms with Crippen LogP contribution in [0.15, 0.2) is 83.5 Å². The molecule has 7 heteroatoms. The first kappa shape index (κ1) is 19.3. The Kier molecular flexibility index (Phi) is 7.45. The van der Waals surface area contributed by atoms with E-state index in [1.165, 1.54) is 18.0 Å². The van der Waals surface area contributed by atoms with Crippen molar-refractivity contribution in [1.82, 2.24) is 10.4 Å². The van der Waals surface area contributed by atoms with Gasteiger partial charge in [0.1, 0.15) is 0 Å². The molecule has 0 fully saturated rings. The number of benzene rings is 1. The SMILES string of the molecule is C=C(SCC(=O)N/N=C/c1ccncc1)N(/C(C)=C\N)c1ccccc1. The smallest absolute Gasteiger partial charge is 0.250 e. The second-order valence-electron chi connectivity index (χ2n) is 5.24. The van der Waals surface area contributed by atoms with Crippen molar-refractivity contribution in [2.75, 3.05) is 10.7 Å². The average Bonchev–Trinajstić information content (AvgIpc) is 2.68. The number of amides is 1. The molecule has 2 aromatic rings. The second-order valence-corrected chi connectivity index (χ2v) is 6.28. The number of rotatable bonds is 8. The highest BCUT2D eigenvalue weighted by Gasteiger charge is 2.14. The van der Waals surface area contributed by atoms with Crippen LogP contribution in [0.25, 0.3) is 0 Å². The van der Waals surface area contributed by atoms with E-state index in [0.717, 1.165) is 16.9 Å². The predicted molar refractivity (Wildman–Crippen MR) is 108 cm³/mol. The van der Waals surface area contributed by atoms with Crippen molar-refractivity contribution >= 4 is 29.6 Å². The Morgan fingerprint density at radius 2 is 2.00 bits per heavy atom. The molecule has 6 nitrogen and oxygen atoms in total. The van der Waals surface area contributed by atoms with Gasteiger partial charge in [0, 0.05) is 30.0 Å². The van der Waals surface area contributed by atoms with E-state index in [4.69, 9.17) is 5.73 Å². The first-order chi connectivity index (χ1) is 12.6. The van der Waals surface area contributed by atoms with Crippen molar-refractivity contribution in [3.8, 4) is 0 Å². The summed E-state index contributed by atoms with van der Waals surface area (Å²) in [6.07, 6.45) is 6.40. The van der Waals surface area contributed by atoms with Crippen molar-refractivity contribution in [1.29, 1.82) is 0 Å². The van der Waals surface area contributed by atoms with Gasteiger partial charge in [-0.25, -0.2) is 5.43 Å². The quantitative estimate of drug-likeness (QED) is 0.553. The van der Waals surface area contributed by atoms with Crippen molar-refractivity contribution < 1.29 is 4.79 Å². The molecule has 134 valence electrons. The van der Waals surface area contributed by atoms with Crippen LogP contribution >= 0.6 is 11.8 Å². The summed E-state index contributed by atoms with van der Waals surface area (Å²) in [4.78, 5) is 17.8. The Labute approximate surface area is 157 Å². The minimum atomic E-state index is -0.219. The van der Waals surface area contributed by atoms with E-state index in [2.05, 4.69) is 22.1 Å². The first-order valence-electron chi connectivity index (χ1n) is 7.89. The molecular formula is C19H21N5OS. The van der Waals surface area contributed by atoms with E-state index in [9.17, 15) is 4.79 Å². The van der Waals surface area contributed by atoms with Gasteiger partial charge in [-0.3, -0.25) is 9.78 Å². The summed E-state index contributed by atoms with van der Waals surface area (Å²) in [5, 5.41) is 4.63. The summed E-state index contributed by atoms with van der Waals surface area (Å²) in [7, 11) is 0. The van der Waals surface area contributed by atoms with E-state index in [1.54, 1.807) is 30.7 Å². The molecule has 1 heterocycles. The van der Waals surface area contributed by atoms with Gasteiger partial charge in [0.05, 0.1) is 17.0 Å². The van der Waals surface area contributed by atoms with E-state index in [-0.39, 0.29) is 11.7 Å². The maximum Gasteiger partial charge on any atom is 0.250 e. The molecule has 1 amide bonds. The molecule has 3 N–H and O–H groups in total. The standard InChI is InChI=1S/C19H21N5OS/c1-15(12-20)24(18-6-4-3-5-7-18)16(2)26-14-19(25)23-22-13-17-8-10-21-11-9-17/h3-13H,2,14,20H2,1H3,(H,23,25)/b15-12-,22-13+. The molecule has 0 saturated carbocycles. The summed E-state index contributed by atoms with van der Waals surface area (Å²) < 4.78 is 0. The van der Waals surface area contributed by atoms with Crippen LogP contribution in [-0.4, -0.2) is 22.9 Å². The van der Waals surface area contributed by atoms with Crippen LogP contribution in [0.2, 0.25) is 0 Å². The van der Waals surface area contributed by atoms with Gasteiger partial charge in [0.25, 0.3) is 0 Å². The molecule has 0 spiro atoms. The zero-order valence-corrected chi connectivity index (χ0v) is 15.3. The average molecular weight is 367 g/mol. The van der Waals surface area contributed by atoms with Crippen LogP contribution in [0.3, 0.4) is 0 Å². The van der Waals surface area contributed by atoms with Gasteiger partial charge in [-0.05, 0) is 36.8 Å². The molecule has 0 unspecified atom stereocenters. The number of aromatic nitrogens is 1.